The van der Waals surface area contributed by atoms with Crippen LogP contribution in [0.5, 0.6) is 0 Å². The lowest BCUT2D eigenvalue weighted by Gasteiger charge is -2.11. The third kappa shape index (κ3) is 5.62. The Balaban J connectivity index is 0.975. The molecule has 0 aliphatic carbocycles. The monoisotopic (exact) mass is 805 g/mol. The summed E-state index contributed by atoms with van der Waals surface area (Å²) in [5.41, 5.74) is 13.6. The maximum Gasteiger partial charge on any atom is 0.238 e. The summed E-state index contributed by atoms with van der Waals surface area (Å²) in [7, 11) is 0. The maximum absolute atomic E-state index is 6.58. The Kier molecular flexibility index (Phi) is 7.80. The van der Waals surface area contributed by atoms with Crippen LogP contribution >= 0.6 is 0 Å². The van der Waals surface area contributed by atoms with Crippen LogP contribution in [-0.4, -0.2) is 24.1 Å². The molecule has 9 aromatic carbocycles. The molecule has 0 aliphatic heterocycles. The zero-order valence-corrected chi connectivity index (χ0v) is 33.9. The second-order valence-corrected chi connectivity index (χ2v) is 16.0. The first kappa shape index (κ1) is 35.2. The van der Waals surface area contributed by atoms with E-state index < -0.39 is 0 Å². The largest absolute Gasteiger partial charge is 0.456 e. The number of hydrogen-bond acceptors (Lipinski definition) is 4. The molecule has 4 aromatic heterocycles. The molecular formula is C57H35N5O. The average molecular weight is 806 g/mol. The number of fused-ring (bicyclic) bond motifs is 9. The van der Waals surface area contributed by atoms with Crippen LogP contribution in [0.2, 0.25) is 0 Å². The number of aromatic nitrogens is 5. The van der Waals surface area contributed by atoms with E-state index in [4.69, 9.17) is 19.4 Å². The smallest absolute Gasteiger partial charge is 0.238 e. The number of furan rings is 1. The average Bonchev–Trinajstić information content (AvgIpc) is 4.01. The molecule has 0 amide bonds. The minimum absolute atomic E-state index is 0.569. The van der Waals surface area contributed by atoms with E-state index in [0.29, 0.717) is 17.6 Å². The van der Waals surface area contributed by atoms with Gasteiger partial charge in [0.1, 0.15) is 11.2 Å². The first-order valence-corrected chi connectivity index (χ1v) is 21.2. The quantitative estimate of drug-likeness (QED) is 0.168. The molecule has 13 aromatic rings. The predicted molar refractivity (Wildman–Crippen MR) is 258 cm³/mol. The number of nitrogens with zero attached hydrogens (tertiary/aromatic N) is 5. The van der Waals surface area contributed by atoms with Gasteiger partial charge in [0, 0.05) is 49.1 Å². The normalized spacial score (nSPS) is 11.8. The Bertz CT molecular complexity index is 3850. The van der Waals surface area contributed by atoms with Gasteiger partial charge in [-0.15, -0.1) is 0 Å². The van der Waals surface area contributed by atoms with Crippen LogP contribution < -0.4 is 0 Å². The molecule has 0 bridgehead atoms. The van der Waals surface area contributed by atoms with E-state index in [1.54, 1.807) is 0 Å². The van der Waals surface area contributed by atoms with Crippen LogP contribution in [0.4, 0.5) is 0 Å². The van der Waals surface area contributed by atoms with Gasteiger partial charge in [-0.3, -0.25) is 4.57 Å². The fourth-order valence-electron chi connectivity index (χ4n) is 9.51. The molecule has 6 nitrogen and oxygen atoms in total. The summed E-state index contributed by atoms with van der Waals surface area (Å²) in [6, 6.07) is 74.5. The van der Waals surface area contributed by atoms with E-state index in [2.05, 4.69) is 161 Å². The van der Waals surface area contributed by atoms with Gasteiger partial charge in [-0.25, -0.2) is 4.98 Å². The lowest BCUT2D eigenvalue weighted by molar-refractivity contribution is 0.669. The highest BCUT2D eigenvalue weighted by Gasteiger charge is 2.20. The van der Waals surface area contributed by atoms with Crippen molar-refractivity contribution in [1.29, 1.82) is 0 Å². The zero-order valence-electron chi connectivity index (χ0n) is 33.9. The van der Waals surface area contributed by atoms with Gasteiger partial charge in [-0.05, 0) is 82.9 Å². The Morgan fingerprint density at radius 2 is 0.873 bits per heavy atom. The molecule has 0 atom stereocenters. The zero-order chi connectivity index (χ0) is 41.4. The van der Waals surface area contributed by atoms with Gasteiger partial charge < -0.3 is 8.98 Å². The number of rotatable bonds is 6. The molecule has 4 heterocycles. The Morgan fingerprint density at radius 3 is 1.60 bits per heavy atom. The summed E-state index contributed by atoms with van der Waals surface area (Å²) in [4.78, 5) is 15.2. The van der Waals surface area contributed by atoms with Crippen molar-refractivity contribution in [2.24, 2.45) is 0 Å². The Hall–Kier alpha value is -8.61. The van der Waals surface area contributed by atoms with E-state index in [1.807, 2.05) is 60.7 Å². The topological polar surface area (TPSA) is 61.7 Å². The van der Waals surface area contributed by atoms with E-state index >= 15 is 0 Å². The van der Waals surface area contributed by atoms with Crippen molar-refractivity contribution in [3.8, 4) is 56.7 Å². The number of hydrogen-bond donors (Lipinski definition) is 0. The van der Waals surface area contributed by atoms with Crippen molar-refractivity contribution >= 4 is 65.6 Å². The van der Waals surface area contributed by atoms with Crippen LogP contribution in [0.1, 0.15) is 0 Å². The minimum Gasteiger partial charge on any atom is -0.456 e. The minimum atomic E-state index is 0.569. The lowest BCUT2D eigenvalue weighted by atomic mass is 9.96. The fraction of sp³-hybridized carbons (Fsp3) is 0. The highest BCUT2D eigenvalue weighted by Crippen LogP contribution is 2.42. The second-order valence-electron chi connectivity index (χ2n) is 16.0. The molecule has 0 spiro atoms. The molecule has 0 saturated heterocycles. The molecule has 0 aliphatic rings. The van der Waals surface area contributed by atoms with Gasteiger partial charge in [0.05, 0.1) is 22.1 Å². The molecule has 0 fully saturated rings. The summed E-state index contributed by atoms with van der Waals surface area (Å²) in [5, 5.41) is 6.87. The summed E-state index contributed by atoms with van der Waals surface area (Å²) < 4.78 is 11.1. The molecule has 294 valence electrons. The van der Waals surface area contributed by atoms with E-state index in [0.717, 1.165) is 82.8 Å². The molecule has 6 heteroatoms. The third-order valence-corrected chi connectivity index (χ3v) is 12.4. The van der Waals surface area contributed by atoms with E-state index in [1.165, 1.54) is 21.8 Å². The van der Waals surface area contributed by atoms with Crippen molar-refractivity contribution in [2.75, 3.05) is 0 Å². The van der Waals surface area contributed by atoms with Gasteiger partial charge in [0.25, 0.3) is 0 Å². The number of para-hydroxylation sites is 3. The van der Waals surface area contributed by atoms with Crippen LogP contribution in [0.25, 0.3) is 122 Å². The van der Waals surface area contributed by atoms with Crippen molar-refractivity contribution < 1.29 is 4.42 Å². The molecule has 13 rings (SSSR count). The predicted octanol–water partition coefficient (Wildman–Crippen LogP) is 14.6. The summed E-state index contributed by atoms with van der Waals surface area (Å²) >= 11 is 0. The Morgan fingerprint density at radius 1 is 0.317 bits per heavy atom. The first-order valence-electron chi connectivity index (χ1n) is 21.2. The fourth-order valence-corrected chi connectivity index (χ4v) is 9.51. The molecule has 63 heavy (non-hydrogen) atoms. The summed E-state index contributed by atoms with van der Waals surface area (Å²) in [5.74, 6) is 1.82. The molecule has 0 saturated carbocycles. The standard InChI is InChI=1S/C57H35N5O/c1-4-15-36(16-5-1)55-58-56(37-17-6-2-7-18-37)60-57(59-55)62-49-25-13-11-22-44(49)46-34-40(28-31-50(46)62)42-23-14-26-53-54(42)47-33-38(29-32-52(47)63-53)39-27-30-45-43-21-10-12-24-48(43)61(51(45)35-39)41-19-8-3-9-20-41/h1-35H. The summed E-state index contributed by atoms with van der Waals surface area (Å²) in [6.45, 7) is 0. The molecule has 0 N–H and O–H groups in total. The molecule has 0 unspecified atom stereocenters. The van der Waals surface area contributed by atoms with Crippen LogP contribution in [0.15, 0.2) is 217 Å². The van der Waals surface area contributed by atoms with Crippen molar-refractivity contribution in [1.82, 2.24) is 24.1 Å². The van der Waals surface area contributed by atoms with E-state index in [-0.39, 0.29) is 0 Å². The van der Waals surface area contributed by atoms with Gasteiger partial charge in [0.2, 0.25) is 5.95 Å². The summed E-state index contributed by atoms with van der Waals surface area (Å²) in [6.07, 6.45) is 0. The molecular weight excluding hydrogens is 771 g/mol. The van der Waals surface area contributed by atoms with Crippen molar-refractivity contribution in [3.63, 3.8) is 0 Å². The van der Waals surface area contributed by atoms with Crippen LogP contribution in [0, 0.1) is 0 Å². The highest BCUT2D eigenvalue weighted by molar-refractivity contribution is 6.16. The maximum atomic E-state index is 6.58. The van der Waals surface area contributed by atoms with Crippen LogP contribution in [-0.2, 0) is 0 Å². The van der Waals surface area contributed by atoms with Gasteiger partial charge in [0.15, 0.2) is 11.6 Å². The van der Waals surface area contributed by atoms with Gasteiger partial charge in [-0.1, -0.05) is 152 Å². The first-order chi connectivity index (χ1) is 31.2. The third-order valence-electron chi connectivity index (χ3n) is 12.4. The van der Waals surface area contributed by atoms with Gasteiger partial charge >= 0.3 is 0 Å². The number of benzene rings is 9. The Labute approximate surface area is 361 Å². The molecule has 0 radical (unpaired) electrons. The lowest BCUT2D eigenvalue weighted by Crippen LogP contribution is -2.06. The SMILES string of the molecule is c1ccc(-c2nc(-c3ccccc3)nc(-n3c4ccccc4c4cc(-c5cccc6oc7ccc(-c8ccc9c%10ccccc%10n(-c%10ccccc%10)c9c8)cc7c56)ccc43)n2)cc1. The van der Waals surface area contributed by atoms with Crippen molar-refractivity contribution in [3.05, 3.63) is 212 Å². The van der Waals surface area contributed by atoms with Crippen LogP contribution in [0.3, 0.4) is 0 Å². The highest BCUT2D eigenvalue weighted by atomic mass is 16.3. The van der Waals surface area contributed by atoms with Crippen molar-refractivity contribution in [2.45, 2.75) is 0 Å². The van der Waals surface area contributed by atoms with Gasteiger partial charge in [-0.2, -0.15) is 9.97 Å². The van der Waals surface area contributed by atoms with E-state index in [9.17, 15) is 0 Å². The second kappa shape index (κ2) is 14.0.